The molecule has 1 rings (SSSR count). The van der Waals surface area contributed by atoms with Crippen molar-refractivity contribution in [2.45, 2.75) is 83.7 Å². The monoisotopic (exact) mass is 240 g/mol. The van der Waals surface area contributed by atoms with Crippen molar-refractivity contribution in [3.8, 4) is 0 Å². The Morgan fingerprint density at radius 1 is 1.12 bits per heavy atom. The lowest BCUT2D eigenvalue weighted by atomic mass is 9.98. The molecule has 2 heteroatoms. The SMILES string of the molecule is CCCCCCCC(=O)CCC1CCC(O)C1. The number of carbonyl (C=O) groups is 1. The van der Waals surface area contributed by atoms with E-state index in [-0.39, 0.29) is 6.10 Å². The van der Waals surface area contributed by atoms with E-state index >= 15 is 0 Å². The van der Waals surface area contributed by atoms with Gasteiger partial charge < -0.3 is 5.11 Å². The molecule has 0 amide bonds. The first-order valence-corrected chi connectivity index (χ1v) is 7.42. The van der Waals surface area contributed by atoms with Crippen LogP contribution in [0.15, 0.2) is 0 Å². The van der Waals surface area contributed by atoms with E-state index < -0.39 is 0 Å². The van der Waals surface area contributed by atoms with E-state index in [1.54, 1.807) is 0 Å². The predicted octanol–water partition coefficient (Wildman–Crippen LogP) is 3.86. The zero-order chi connectivity index (χ0) is 12.5. The van der Waals surface area contributed by atoms with Crippen LogP contribution in [0.25, 0.3) is 0 Å². The molecule has 0 saturated heterocycles. The van der Waals surface area contributed by atoms with Gasteiger partial charge in [-0.1, -0.05) is 32.6 Å². The Hall–Kier alpha value is -0.370. The van der Waals surface area contributed by atoms with Gasteiger partial charge in [-0.05, 0) is 38.0 Å². The van der Waals surface area contributed by atoms with Crippen LogP contribution in [0, 0.1) is 5.92 Å². The van der Waals surface area contributed by atoms with Crippen molar-refractivity contribution in [3.05, 3.63) is 0 Å². The van der Waals surface area contributed by atoms with E-state index in [2.05, 4.69) is 6.92 Å². The van der Waals surface area contributed by atoms with E-state index in [0.717, 1.165) is 44.9 Å². The first-order valence-electron chi connectivity index (χ1n) is 7.42. The molecule has 0 aromatic rings. The predicted molar refractivity (Wildman–Crippen MR) is 71.0 cm³/mol. The molecule has 0 bridgehead atoms. The highest BCUT2D eigenvalue weighted by atomic mass is 16.3. The van der Waals surface area contributed by atoms with Gasteiger partial charge in [0.1, 0.15) is 5.78 Å². The fourth-order valence-electron chi connectivity index (χ4n) is 2.73. The first-order chi connectivity index (χ1) is 8.22. The fourth-order valence-corrected chi connectivity index (χ4v) is 2.73. The summed E-state index contributed by atoms with van der Waals surface area (Å²) in [6.45, 7) is 2.21. The van der Waals surface area contributed by atoms with E-state index in [9.17, 15) is 9.90 Å². The summed E-state index contributed by atoms with van der Waals surface area (Å²) in [7, 11) is 0. The van der Waals surface area contributed by atoms with Gasteiger partial charge in [-0.25, -0.2) is 0 Å². The van der Waals surface area contributed by atoms with E-state index in [1.165, 1.54) is 25.7 Å². The Morgan fingerprint density at radius 2 is 1.88 bits per heavy atom. The van der Waals surface area contributed by atoms with E-state index in [1.807, 2.05) is 0 Å². The highest BCUT2D eigenvalue weighted by Gasteiger charge is 2.22. The van der Waals surface area contributed by atoms with Gasteiger partial charge in [0, 0.05) is 12.8 Å². The number of aliphatic hydroxyl groups excluding tert-OH is 1. The molecule has 1 saturated carbocycles. The molecule has 1 fully saturated rings. The summed E-state index contributed by atoms with van der Waals surface area (Å²) < 4.78 is 0. The Kier molecular flexibility index (Phi) is 7.50. The molecule has 0 aromatic heterocycles. The van der Waals surface area contributed by atoms with Crippen LogP contribution >= 0.6 is 0 Å². The molecular formula is C15H28O2. The van der Waals surface area contributed by atoms with Crippen molar-refractivity contribution < 1.29 is 9.90 Å². The fraction of sp³-hybridized carbons (Fsp3) is 0.933. The van der Waals surface area contributed by atoms with Crippen LogP contribution in [-0.4, -0.2) is 17.0 Å². The topological polar surface area (TPSA) is 37.3 Å². The number of carbonyl (C=O) groups excluding carboxylic acids is 1. The van der Waals surface area contributed by atoms with Gasteiger partial charge in [0.05, 0.1) is 6.10 Å². The second kappa shape index (κ2) is 8.68. The van der Waals surface area contributed by atoms with Gasteiger partial charge in [-0.15, -0.1) is 0 Å². The lowest BCUT2D eigenvalue weighted by Crippen LogP contribution is -2.04. The minimum absolute atomic E-state index is 0.0934. The number of hydrogen-bond acceptors (Lipinski definition) is 2. The Labute approximate surface area is 106 Å². The number of unbranched alkanes of at least 4 members (excludes halogenated alkanes) is 4. The van der Waals surface area contributed by atoms with Crippen molar-refractivity contribution in [3.63, 3.8) is 0 Å². The average Bonchev–Trinajstić information content (AvgIpc) is 2.72. The standard InChI is InChI=1S/C15H28O2/c1-2-3-4-5-6-7-14(16)10-8-13-9-11-15(17)12-13/h13,15,17H,2-12H2,1H3. The Bertz CT molecular complexity index is 213. The third-order valence-corrected chi connectivity index (χ3v) is 3.90. The van der Waals surface area contributed by atoms with Crippen LogP contribution in [0.3, 0.4) is 0 Å². The molecular weight excluding hydrogens is 212 g/mol. The minimum Gasteiger partial charge on any atom is -0.393 e. The van der Waals surface area contributed by atoms with Crippen LogP contribution in [-0.2, 0) is 4.79 Å². The van der Waals surface area contributed by atoms with Gasteiger partial charge in [-0.3, -0.25) is 4.79 Å². The van der Waals surface area contributed by atoms with Crippen molar-refractivity contribution >= 4 is 5.78 Å². The lowest BCUT2D eigenvalue weighted by molar-refractivity contribution is -0.119. The maximum absolute atomic E-state index is 11.7. The lowest BCUT2D eigenvalue weighted by Gasteiger charge is -2.08. The summed E-state index contributed by atoms with van der Waals surface area (Å²) in [5.41, 5.74) is 0. The van der Waals surface area contributed by atoms with E-state index in [4.69, 9.17) is 0 Å². The van der Waals surface area contributed by atoms with Crippen LogP contribution in [0.1, 0.15) is 77.6 Å². The number of Topliss-reactive ketones (excluding diaryl/α,β-unsaturated/α-hetero) is 1. The summed E-state index contributed by atoms with van der Waals surface area (Å²) in [6.07, 6.45) is 11.5. The number of aliphatic hydroxyl groups is 1. The molecule has 1 N–H and O–H groups in total. The zero-order valence-corrected chi connectivity index (χ0v) is 11.3. The second-order valence-corrected chi connectivity index (χ2v) is 5.57. The summed E-state index contributed by atoms with van der Waals surface area (Å²) in [5, 5.41) is 9.40. The molecule has 17 heavy (non-hydrogen) atoms. The van der Waals surface area contributed by atoms with Crippen molar-refractivity contribution in [1.82, 2.24) is 0 Å². The maximum Gasteiger partial charge on any atom is 0.132 e. The maximum atomic E-state index is 11.7. The molecule has 100 valence electrons. The highest BCUT2D eigenvalue weighted by molar-refractivity contribution is 5.78. The van der Waals surface area contributed by atoms with Crippen LogP contribution < -0.4 is 0 Å². The third-order valence-electron chi connectivity index (χ3n) is 3.90. The first kappa shape index (κ1) is 14.7. The number of rotatable bonds is 9. The molecule has 2 unspecified atom stereocenters. The second-order valence-electron chi connectivity index (χ2n) is 5.57. The van der Waals surface area contributed by atoms with Crippen molar-refractivity contribution in [2.75, 3.05) is 0 Å². The molecule has 0 aromatic carbocycles. The van der Waals surface area contributed by atoms with Crippen LogP contribution in [0.4, 0.5) is 0 Å². The van der Waals surface area contributed by atoms with Crippen molar-refractivity contribution in [1.29, 1.82) is 0 Å². The van der Waals surface area contributed by atoms with Gasteiger partial charge >= 0.3 is 0 Å². The molecule has 1 aliphatic carbocycles. The van der Waals surface area contributed by atoms with Crippen molar-refractivity contribution in [2.24, 2.45) is 5.92 Å². The molecule has 2 nitrogen and oxygen atoms in total. The van der Waals surface area contributed by atoms with Gasteiger partial charge in [0.25, 0.3) is 0 Å². The van der Waals surface area contributed by atoms with Gasteiger partial charge in [0.15, 0.2) is 0 Å². The number of hydrogen-bond donors (Lipinski definition) is 1. The average molecular weight is 240 g/mol. The molecule has 0 aliphatic heterocycles. The Morgan fingerprint density at radius 3 is 2.53 bits per heavy atom. The molecule has 1 aliphatic rings. The molecule has 0 spiro atoms. The highest BCUT2D eigenvalue weighted by Crippen LogP contribution is 2.29. The van der Waals surface area contributed by atoms with Crippen LogP contribution in [0.2, 0.25) is 0 Å². The Balaban J connectivity index is 1.94. The quantitative estimate of drug-likeness (QED) is 0.621. The smallest absolute Gasteiger partial charge is 0.132 e. The van der Waals surface area contributed by atoms with Gasteiger partial charge in [0.2, 0.25) is 0 Å². The summed E-state index contributed by atoms with van der Waals surface area (Å²) in [6, 6.07) is 0. The zero-order valence-electron chi connectivity index (χ0n) is 11.3. The molecule has 0 heterocycles. The normalized spacial score (nSPS) is 24.1. The third kappa shape index (κ3) is 6.82. The summed E-state index contributed by atoms with van der Waals surface area (Å²) in [5.74, 6) is 1.04. The van der Waals surface area contributed by atoms with Gasteiger partial charge in [-0.2, -0.15) is 0 Å². The molecule has 0 radical (unpaired) electrons. The molecule has 2 atom stereocenters. The van der Waals surface area contributed by atoms with Crippen LogP contribution in [0.5, 0.6) is 0 Å². The summed E-state index contributed by atoms with van der Waals surface area (Å²) >= 11 is 0. The minimum atomic E-state index is -0.0934. The largest absolute Gasteiger partial charge is 0.393 e. The van der Waals surface area contributed by atoms with E-state index in [0.29, 0.717) is 11.7 Å². The number of ketones is 1. The summed E-state index contributed by atoms with van der Waals surface area (Å²) in [4.78, 5) is 11.7.